The molecule has 3 N–H and O–H groups in total. The molecule has 0 rings (SSSR count). The van der Waals surface area contributed by atoms with Crippen LogP contribution in [-0.4, -0.2) is 36.1 Å². The third-order valence-corrected chi connectivity index (χ3v) is 2.34. The minimum atomic E-state index is -0.784. The van der Waals surface area contributed by atoms with E-state index in [4.69, 9.17) is 5.11 Å². The summed E-state index contributed by atoms with van der Waals surface area (Å²) in [6.45, 7) is 7.31. The summed E-state index contributed by atoms with van der Waals surface area (Å²) < 4.78 is 0. The molecule has 1 amide bonds. The second kappa shape index (κ2) is 8.98. The molecule has 0 heterocycles. The molecule has 0 aromatic heterocycles. The van der Waals surface area contributed by atoms with Crippen molar-refractivity contribution in [3.8, 4) is 0 Å². The normalized spacial score (nSPS) is 12.5. The van der Waals surface area contributed by atoms with Gasteiger partial charge < -0.3 is 15.7 Å². The van der Waals surface area contributed by atoms with E-state index in [1.54, 1.807) is 0 Å². The summed E-state index contributed by atoms with van der Waals surface area (Å²) in [7, 11) is 0. The van der Waals surface area contributed by atoms with Gasteiger partial charge in [-0.3, -0.25) is 9.59 Å². The minimum Gasteiger partial charge on any atom is -0.481 e. The Hall–Kier alpha value is -1.10. The lowest BCUT2D eigenvalue weighted by atomic mass is 10.2. The van der Waals surface area contributed by atoms with Crippen LogP contribution in [-0.2, 0) is 9.59 Å². The number of hydrogen-bond donors (Lipinski definition) is 3. The molecule has 17 heavy (non-hydrogen) atoms. The van der Waals surface area contributed by atoms with E-state index >= 15 is 0 Å². The zero-order valence-electron chi connectivity index (χ0n) is 11.0. The highest BCUT2D eigenvalue weighted by Crippen LogP contribution is 1.96. The predicted octanol–water partition coefficient (Wildman–Crippen LogP) is 0.992. The highest BCUT2D eigenvalue weighted by Gasteiger charge is 2.06. The van der Waals surface area contributed by atoms with Crippen LogP contribution in [0.4, 0.5) is 0 Å². The Bertz CT molecular complexity index is 242. The second-order valence-electron chi connectivity index (χ2n) is 4.74. The van der Waals surface area contributed by atoms with Gasteiger partial charge >= 0.3 is 5.97 Å². The zero-order valence-corrected chi connectivity index (χ0v) is 11.0. The van der Waals surface area contributed by atoms with Crippen LogP contribution in [0.5, 0.6) is 0 Å². The molecule has 0 aromatic rings. The molecule has 0 fully saturated rings. The fourth-order valence-corrected chi connectivity index (χ4v) is 1.28. The van der Waals surface area contributed by atoms with Gasteiger partial charge in [0.25, 0.3) is 0 Å². The molecule has 5 heteroatoms. The van der Waals surface area contributed by atoms with Crippen LogP contribution in [0.1, 0.15) is 40.0 Å². The van der Waals surface area contributed by atoms with Crippen LogP contribution in [0.15, 0.2) is 0 Å². The molecule has 5 nitrogen and oxygen atoms in total. The topological polar surface area (TPSA) is 78.4 Å². The number of carboxylic acids is 1. The highest BCUT2D eigenvalue weighted by molar-refractivity contribution is 5.76. The summed E-state index contributed by atoms with van der Waals surface area (Å²) in [5.74, 6) is -0.286. The molecule has 0 aliphatic rings. The molecule has 0 radical (unpaired) electrons. The van der Waals surface area contributed by atoms with Gasteiger partial charge in [-0.2, -0.15) is 0 Å². The Morgan fingerprint density at radius 3 is 2.35 bits per heavy atom. The molecule has 100 valence electrons. The van der Waals surface area contributed by atoms with E-state index in [0.717, 1.165) is 0 Å². The average molecular weight is 244 g/mol. The van der Waals surface area contributed by atoms with Crippen molar-refractivity contribution in [3.63, 3.8) is 0 Å². The van der Waals surface area contributed by atoms with Crippen molar-refractivity contribution in [2.24, 2.45) is 5.92 Å². The number of carboxylic acid groups (broad SMARTS) is 1. The fraction of sp³-hybridized carbons (Fsp3) is 0.833. The van der Waals surface area contributed by atoms with Crippen LogP contribution in [0.2, 0.25) is 0 Å². The van der Waals surface area contributed by atoms with E-state index < -0.39 is 5.97 Å². The van der Waals surface area contributed by atoms with E-state index in [1.165, 1.54) is 0 Å². The number of hydrogen-bond acceptors (Lipinski definition) is 3. The van der Waals surface area contributed by atoms with Crippen molar-refractivity contribution in [2.75, 3.05) is 13.1 Å². The van der Waals surface area contributed by atoms with Crippen molar-refractivity contribution in [1.29, 1.82) is 0 Å². The lowest BCUT2D eigenvalue weighted by Gasteiger charge is -2.12. The summed E-state index contributed by atoms with van der Waals surface area (Å²) in [6, 6.07) is 0.129. The summed E-state index contributed by atoms with van der Waals surface area (Å²) in [5, 5.41) is 14.5. The van der Waals surface area contributed by atoms with Crippen molar-refractivity contribution in [1.82, 2.24) is 10.6 Å². The zero-order chi connectivity index (χ0) is 13.3. The average Bonchev–Trinajstić information content (AvgIpc) is 2.23. The lowest BCUT2D eigenvalue weighted by Crippen LogP contribution is -2.33. The third-order valence-electron chi connectivity index (χ3n) is 2.34. The molecule has 0 saturated carbocycles. The monoisotopic (exact) mass is 244 g/mol. The van der Waals surface area contributed by atoms with Gasteiger partial charge in [0, 0.05) is 32.0 Å². The van der Waals surface area contributed by atoms with Gasteiger partial charge in [0.15, 0.2) is 0 Å². The van der Waals surface area contributed by atoms with E-state index in [9.17, 15) is 9.59 Å². The first kappa shape index (κ1) is 15.9. The summed E-state index contributed by atoms with van der Waals surface area (Å²) >= 11 is 0. The van der Waals surface area contributed by atoms with Gasteiger partial charge in [-0.1, -0.05) is 13.8 Å². The quantitative estimate of drug-likeness (QED) is 0.565. The number of carbonyl (C=O) groups is 2. The summed E-state index contributed by atoms with van der Waals surface area (Å²) in [5.41, 5.74) is 0. The summed E-state index contributed by atoms with van der Waals surface area (Å²) in [4.78, 5) is 21.7. The molecule has 0 saturated heterocycles. The van der Waals surface area contributed by atoms with Gasteiger partial charge in [0.05, 0.1) is 0 Å². The van der Waals surface area contributed by atoms with Crippen LogP contribution in [0.25, 0.3) is 0 Å². The van der Waals surface area contributed by atoms with Crippen molar-refractivity contribution >= 4 is 11.9 Å². The Labute approximate surface area is 103 Å². The van der Waals surface area contributed by atoms with Gasteiger partial charge in [0.1, 0.15) is 0 Å². The molecule has 0 bridgehead atoms. The van der Waals surface area contributed by atoms with Crippen molar-refractivity contribution in [3.05, 3.63) is 0 Å². The van der Waals surface area contributed by atoms with Gasteiger partial charge in [-0.15, -0.1) is 0 Å². The Kier molecular flexibility index (Phi) is 8.40. The van der Waals surface area contributed by atoms with E-state index in [2.05, 4.69) is 10.6 Å². The maximum atomic E-state index is 11.3. The highest BCUT2D eigenvalue weighted by atomic mass is 16.4. The number of rotatable bonds is 9. The number of amides is 1. The summed E-state index contributed by atoms with van der Waals surface area (Å²) in [6.07, 6.45) is 1.18. The largest absolute Gasteiger partial charge is 0.481 e. The fourth-order valence-electron chi connectivity index (χ4n) is 1.28. The number of carbonyl (C=O) groups excluding carboxylic acids is 1. The van der Waals surface area contributed by atoms with Crippen LogP contribution < -0.4 is 10.6 Å². The first-order valence-corrected chi connectivity index (χ1v) is 6.13. The lowest BCUT2D eigenvalue weighted by molar-refractivity contribution is -0.137. The molecule has 0 aliphatic carbocycles. The number of aliphatic carboxylic acids is 1. The molecular weight excluding hydrogens is 220 g/mol. The van der Waals surface area contributed by atoms with E-state index in [0.29, 0.717) is 31.8 Å². The molecule has 0 spiro atoms. The Morgan fingerprint density at radius 1 is 1.18 bits per heavy atom. The SMILES string of the molecule is CC(C)CNC(=O)CCNC(C)CCC(=O)O. The minimum absolute atomic E-state index is 0.0386. The third kappa shape index (κ3) is 11.2. The maximum absolute atomic E-state index is 11.3. The standard InChI is InChI=1S/C12H24N2O3/c1-9(2)8-14-11(15)6-7-13-10(3)4-5-12(16)17/h9-10,13H,4-8H2,1-3H3,(H,14,15)(H,16,17). The van der Waals surface area contributed by atoms with Crippen LogP contribution >= 0.6 is 0 Å². The van der Waals surface area contributed by atoms with E-state index in [-0.39, 0.29) is 18.4 Å². The van der Waals surface area contributed by atoms with Crippen molar-refractivity contribution in [2.45, 2.75) is 46.1 Å². The Morgan fingerprint density at radius 2 is 1.82 bits per heavy atom. The van der Waals surface area contributed by atoms with Crippen molar-refractivity contribution < 1.29 is 14.7 Å². The first-order valence-electron chi connectivity index (χ1n) is 6.13. The molecule has 0 aliphatic heterocycles. The Balaban J connectivity index is 3.48. The van der Waals surface area contributed by atoms with Gasteiger partial charge in [0.2, 0.25) is 5.91 Å². The van der Waals surface area contributed by atoms with Crippen LogP contribution in [0.3, 0.4) is 0 Å². The van der Waals surface area contributed by atoms with Gasteiger partial charge in [-0.05, 0) is 19.3 Å². The first-order chi connectivity index (χ1) is 7.91. The molecule has 1 unspecified atom stereocenters. The molecule has 0 aromatic carbocycles. The molecule has 1 atom stereocenters. The van der Waals surface area contributed by atoms with Gasteiger partial charge in [-0.25, -0.2) is 0 Å². The predicted molar refractivity (Wildman–Crippen MR) is 66.8 cm³/mol. The maximum Gasteiger partial charge on any atom is 0.303 e. The smallest absolute Gasteiger partial charge is 0.303 e. The number of nitrogens with one attached hydrogen (secondary N) is 2. The van der Waals surface area contributed by atoms with E-state index in [1.807, 2.05) is 20.8 Å². The second-order valence-corrected chi connectivity index (χ2v) is 4.74. The molecular formula is C12H24N2O3. The van der Waals surface area contributed by atoms with Crippen LogP contribution in [0, 0.1) is 5.92 Å².